The fourth-order valence-electron chi connectivity index (χ4n) is 5.55. The van der Waals surface area contributed by atoms with Crippen LogP contribution in [0.3, 0.4) is 0 Å². The first-order chi connectivity index (χ1) is 16.3. The lowest BCUT2D eigenvalue weighted by Crippen LogP contribution is -2.44. The Balaban J connectivity index is 1.25. The third kappa shape index (κ3) is 4.02. The van der Waals surface area contributed by atoms with Gasteiger partial charge in [0.15, 0.2) is 0 Å². The molecule has 6 nitrogen and oxygen atoms in total. The summed E-state index contributed by atoms with van der Waals surface area (Å²) in [6.45, 7) is 5.91. The largest absolute Gasteiger partial charge is 0.304 e. The lowest BCUT2D eigenvalue weighted by atomic mass is 9.85. The number of hydrogen-bond donors (Lipinski definition) is 1. The van der Waals surface area contributed by atoms with Crippen LogP contribution < -0.4 is 0 Å². The topological polar surface area (TPSA) is 60.9 Å². The molecular weight excluding hydrogens is 408 g/mol. The predicted molar refractivity (Wildman–Crippen MR) is 134 cm³/mol. The molecule has 1 fully saturated rings. The van der Waals surface area contributed by atoms with Gasteiger partial charge in [0.25, 0.3) is 0 Å². The number of aryl methyl sites for hydroxylation is 2. The molecule has 170 valence electrons. The molecule has 4 aromatic rings. The van der Waals surface area contributed by atoms with Crippen molar-refractivity contribution in [2.24, 2.45) is 0 Å². The number of rotatable bonds is 5. The van der Waals surface area contributed by atoms with E-state index < -0.39 is 0 Å². The van der Waals surface area contributed by atoms with Crippen LogP contribution >= 0.6 is 0 Å². The van der Waals surface area contributed by atoms with Crippen LogP contribution in [0.2, 0.25) is 0 Å². The molecule has 1 aliphatic heterocycles. The van der Waals surface area contributed by atoms with Crippen LogP contribution in [0.25, 0.3) is 33.1 Å². The molecule has 0 bridgehead atoms. The number of nitrogens with zero attached hydrogens (tertiary/aromatic N) is 5. The quantitative estimate of drug-likeness (QED) is 0.503. The third-order valence-electron chi connectivity index (χ3n) is 7.49. The predicted octanol–water partition coefficient (Wildman–Crippen LogP) is 4.23. The summed E-state index contributed by atoms with van der Waals surface area (Å²) < 4.78 is 0. The molecule has 0 spiro atoms. The van der Waals surface area contributed by atoms with Gasteiger partial charge in [0.2, 0.25) is 0 Å². The number of hydrogen-bond acceptors (Lipinski definition) is 5. The highest BCUT2D eigenvalue weighted by molar-refractivity contribution is 6.07. The molecule has 4 heterocycles. The van der Waals surface area contributed by atoms with Gasteiger partial charge in [-0.1, -0.05) is 0 Å². The number of benzene rings is 1. The van der Waals surface area contributed by atoms with Gasteiger partial charge >= 0.3 is 0 Å². The van der Waals surface area contributed by atoms with Gasteiger partial charge in [-0.3, -0.25) is 10.1 Å². The maximum Gasteiger partial charge on any atom is 0.0759 e. The first-order valence-electron chi connectivity index (χ1n) is 12.4. The van der Waals surface area contributed by atoms with E-state index >= 15 is 0 Å². The van der Waals surface area contributed by atoms with Gasteiger partial charge in [-0.25, -0.2) is 4.98 Å². The average Bonchev–Trinajstić information content (AvgIpc) is 3.34. The minimum atomic E-state index is 1.04. The fourth-order valence-corrected chi connectivity index (χ4v) is 5.55. The van der Waals surface area contributed by atoms with E-state index in [1.54, 1.807) is 0 Å². The van der Waals surface area contributed by atoms with Crippen molar-refractivity contribution in [3.05, 3.63) is 53.5 Å². The summed E-state index contributed by atoms with van der Waals surface area (Å²) in [6.07, 6.45) is 10.9. The Hall–Kier alpha value is -2.83. The minimum absolute atomic E-state index is 1.04. The van der Waals surface area contributed by atoms with Gasteiger partial charge in [-0.15, -0.1) is 0 Å². The molecule has 2 aliphatic rings. The maximum absolute atomic E-state index is 5.16. The van der Waals surface area contributed by atoms with E-state index in [0.717, 1.165) is 41.6 Å². The zero-order valence-electron chi connectivity index (χ0n) is 19.5. The molecule has 0 saturated carbocycles. The number of pyridine rings is 2. The lowest BCUT2D eigenvalue weighted by molar-refractivity contribution is 0.153. The first kappa shape index (κ1) is 20.8. The summed E-state index contributed by atoms with van der Waals surface area (Å²) in [6, 6.07) is 8.67. The minimum Gasteiger partial charge on any atom is -0.304 e. The molecule has 0 atom stereocenters. The van der Waals surface area contributed by atoms with E-state index in [4.69, 9.17) is 9.97 Å². The Morgan fingerprint density at radius 2 is 1.79 bits per heavy atom. The molecule has 1 aliphatic carbocycles. The Labute approximate surface area is 195 Å². The van der Waals surface area contributed by atoms with E-state index in [-0.39, 0.29) is 0 Å². The Morgan fingerprint density at radius 3 is 2.61 bits per heavy atom. The number of likely N-dealkylation sites (N-methyl/N-ethyl adjacent to an activating group) is 1. The molecule has 1 aromatic carbocycles. The highest BCUT2D eigenvalue weighted by atomic mass is 15.2. The summed E-state index contributed by atoms with van der Waals surface area (Å²) in [7, 11) is 2.21. The standard InChI is InChI=1S/C27H32N6/c1-32-13-15-33(16-14-32)12-4-5-20-9-8-19(17-28-20)27-22-7-3-2-6-21(22)26-23-18-29-31-24(23)10-11-25(26)30-27/h8-11,17-18H,2-7,12-16H2,1H3,(H,29,31). The zero-order valence-corrected chi connectivity index (χ0v) is 19.5. The summed E-state index contributed by atoms with van der Waals surface area (Å²) >= 11 is 0. The van der Waals surface area contributed by atoms with Crippen LogP contribution in [-0.4, -0.2) is 69.7 Å². The van der Waals surface area contributed by atoms with Crippen molar-refractivity contribution in [1.82, 2.24) is 30.0 Å². The summed E-state index contributed by atoms with van der Waals surface area (Å²) in [5.74, 6) is 0. The van der Waals surface area contributed by atoms with Gasteiger partial charge < -0.3 is 9.80 Å². The SMILES string of the molecule is CN1CCN(CCCc2ccc(-c3nc4ccc5[nH]ncc5c4c4c3CCCC4)cn2)CC1. The van der Waals surface area contributed by atoms with Crippen molar-refractivity contribution in [2.75, 3.05) is 39.8 Å². The summed E-state index contributed by atoms with van der Waals surface area (Å²) in [5.41, 5.74) is 8.48. The van der Waals surface area contributed by atoms with Gasteiger partial charge in [0, 0.05) is 54.4 Å². The normalized spacial score (nSPS) is 17.6. The van der Waals surface area contributed by atoms with Crippen molar-refractivity contribution >= 4 is 21.8 Å². The fraction of sp³-hybridized carbons (Fsp3) is 0.444. The zero-order chi connectivity index (χ0) is 22.2. The van der Waals surface area contributed by atoms with Crippen molar-refractivity contribution in [3.63, 3.8) is 0 Å². The molecule has 0 amide bonds. The second-order valence-corrected chi connectivity index (χ2v) is 9.70. The van der Waals surface area contributed by atoms with Crippen LogP contribution in [-0.2, 0) is 19.3 Å². The van der Waals surface area contributed by atoms with E-state index in [9.17, 15) is 0 Å². The molecule has 0 unspecified atom stereocenters. The highest BCUT2D eigenvalue weighted by Gasteiger charge is 2.21. The van der Waals surface area contributed by atoms with Gasteiger partial charge in [-0.2, -0.15) is 5.10 Å². The Morgan fingerprint density at radius 1 is 0.939 bits per heavy atom. The van der Waals surface area contributed by atoms with E-state index in [1.807, 2.05) is 12.4 Å². The smallest absolute Gasteiger partial charge is 0.0759 e. The van der Waals surface area contributed by atoms with Crippen LogP contribution in [0.5, 0.6) is 0 Å². The van der Waals surface area contributed by atoms with Gasteiger partial charge in [0.1, 0.15) is 0 Å². The highest BCUT2D eigenvalue weighted by Crippen LogP contribution is 2.37. The number of fused-ring (bicyclic) bond motifs is 5. The number of aromatic amines is 1. The molecule has 1 saturated heterocycles. The Bertz CT molecular complexity index is 1270. The van der Waals surface area contributed by atoms with Crippen LogP contribution in [0, 0.1) is 0 Å². The van der Waals surface area contributed by atoms with E-state index in [2.05, 4.69) is 51.3 Å². The summed E-state index contributed by atoms with van der Waals surface area (Å²) in [4.78, 5) is 15.0. The maximum atomic E-state index is 5.16. The van der Waals surface area contributed by atoms with Gasteiger partial charge in [0.05, 0.1) is 22.9 Å². The molecule has 1 N–H and O–H groups in total. The second kappa shape index (κ2) is 8.84. The molecular formula is C27H32N6. The van der Waals surface area contributed by atoms with Crippen molar-refractivity contribution < 1.29 is 0 Å². The Kier molecular flexibility index (Phi) is 5.56. The van der Waals surface area contributed by atoms with Crippen molar-refractivity contribution in [2.45, 2.75) is 38.5 Å². The summed E-state index contributed by atoms with van der Waals surface area (Å²) in [5, 5.41) is 9.88. The third-order valence-corrected chi connectivity index (χ3v) is 7.49. The molecule has 6 rings (SSSR count). The molecule has 33 heavy (non-hydrogen) atoms. The van der Waals surface area contributed by atoms with E-state index in [1.165, 1.54) is 79.6 Å². The van der Waals surface area contributed by atoms with E-state index in [0.29, 0.717) is 0 Å². The first-order valence-corrected chi connectivity index (χ1v) is 12.4. The number of nitrogens with one attached hydrogen (secondary N) is 1. The average molecular weight is 441 g/mol. The van der Waals surface area contributed by atoms with Crippen LogP contribution in [0.4, 0.5) is 0 Å². The van der Waals surface area contributed by atoms with Crippen LogP contribution in [0.15, 0.2) is 36.7 Å². The molecule has 3 aromatic heterocycles. The number of aromatic nitrogens is 4. The van der Waals surface area contributed by atoms with Crippen molar-refractivity contribution in [3.8, 4) is 11.3 Å². The number of H-pyrrole nitrogens is 1. The second-order valence-electron chi connectivity index (χ2n) is 9.70. The van der Waals surface area contributed by atoms with Crippen molar-refractivity contribution in [1.29, 1.82) is 0 Å². The molecule has 0 radical (unpaired) electrons. The van der Waals surface area contributed by atoms with Gasteiger partial charge in [-0.05, 0) is 87.5 Å². The van der Waals surface area contributed by atoms with Crippen LogP contribution in [0.1, 0.15) is 36.1 Å². The molecule has 6 heteroatoms. The monoisotopic (exact) mass is 440 g/mol. The lowest BCUT2D eigenvalue weighted by Gasteiger charge is -2.32. The number of piperazine rings is 1.